The Kier molecular flexibility index (Phi) is 5.73. The third kappa shape index (κ3) is 5.86. The van der Waals surface area contributed by atoms with E-state index in [1.165, 1.54) is 42.5 Å². The normalized spacial score (nSPS) is 11.9. The zero-order valence-electron chi connectivity index (χ0n) is 12.1. The van der Waals surface area contributed by atoms with Crippen LogP contribution in [0.25, 0.3) is 0 Å². The zero-order valence-corrected chi connectivity index (χ0v) is 12.1. The number of ether oxygens (including phenoxy) is 1. The topological polar surface area (TPSA) is 30.8 Å². The number of alkyl halides is 5. The quantitative estimate of drug-likeness (QED) is 0.422. The fraction of sp³-hybridized carbons (Fsp3) is 0.188. The summed E-state index contributed by atoms with van der Waals surface area (Å²) in [5.74, 6) is -0.362. The van der Waals surface area contributed by atoms with Crippen molar-refractivity contribution < 1.29 is 31.5 Å². The van der Waals surface area contributed by atoms with Gasteiger partial charge in [0.2, 0.25) is 0 Å². The Labute approximate surface area is 134 Å². The van der Waals surface area contributed by atoms with Crippen molar-refractivity contribution in [3.8, 4) is 5.75 Å². The summed E-state index contributed by atoms with van der Waals surface area (Å²) in [4.78, 5) is 4.92. The van der Waals surface area contributed by atoms with Crippen LogP contribution >= 0.6 is 0 Å². The molecule has 0 atom stereocenters. The maximum Gasteiger partial charge on any atom is 0.573 e. The largest absolute Gasteiger partial charge is 0.573 e. The van der Waals surface area contributed by atoms with Crippen molar-refractivity contribution in [1.29, 1.82) is 0 Å². The van der Waals surface area contributed by atoms with Gasteiger partial charge in [-0.2, -0.15) is 0 Å². The molecule has 0 bridgehead atoms. The molecule has 2 aromatic rings. The lowest BCUT2D eigenvalue weighted by Crippen LogP contribution is -2.17. The van der Waals surface area contributed by atoms with E-state index in [2.05, 4.69) is 16.1 Å². The standard InChI is InChI=1S/C16H11F5NO2/c17-15(18)13-6-4-11(5-7-13)9-22-23-10-12-2-1-3-14(8-12)24-16(19,20)21/h1-8,15H,10H2. The first-order valence-corrected chi connectivity index (χ1v) is 6.64. The van der Waals surface area contributed by atoms with Gasteiger partial charge in [-0.15, -0.1) is 13.2 Å². The summed E-state index contributed by atoms with van der Waals surface area (Å²) in [6.45, 7) is -0.100. The second kappa shape index (κ2) is 7.76. The lowest BCUT2D eigenvalue weighted by molar-refractivity contribution is -0.274. The minimum atomic E-state index is -4.77. The van der Waals surface area contributed by atoms with Gasteiger partial charge in [0, 0.05) is 11.1 Å². The molecular weight excluding hydrogens is 333 g/mol. The van der Waals surface area contributed by atoms with Crippen LogP contribution in [-0.4, -0.2) is 12.6 Å². The molecule has 0 aliphatic heterocycles. The summed E-state index contributed by atoms with van der Waals surface area (Å²) in [6.07, 6.45) is -4.84. The van der Waals surface area contributed by atoms with Crippen LogP contribution in [0.2, 0.25) is 0 Å². The van der Waals surface area contributed by atoms with E-state index in [-0.39, 0.29) is 17.9 Å². The van der Waals surface area contributed by atoms with E-state index in [9.17, 15) is 22.0 Å². The number of hydrogen-bond acceptors (Lipinski definition) is 3. The average Bonchev–Trinajstić information content (AvgIpc) is 2.51. The Hall–Kier alpha value is -2.64. The molecule has 127 valence electrons. The van der Waals surface area contributed by atoms with Crippen molar-refractivity contribution in [2.24, 2.45) is 5.16 Å². The van der Waals surface area contributed by atoms with E-state index in [4.69, 9.17) is 4.84 Å². The molecule has 0 saturated carbocycles. The Morgan fingerprint density at radius 2 is 1.75 bits per heavy atom. The molecule has 2 aromatic carbocycles. The second-order valence-corrected chi connectivity index (χ2v) is 4.59. The van der Waals surface area contributed by atoms with Crippen LogP contribution < -0.4 is 4.74 Å². The van der Waals surface area contributed by atoms with Gasteiger partial charge in [-0.1, -0.05) is 41.6 Å². The third-order valence-electron chi connectivity index (χ3n) is 2.77. The van der Waals surface area contributed by atoms with Crippen LogP contribution in [0.4, 0.5) is 22.0 Å². The van der Waals surface area contributed by atoms with E-state index in [0.717, 1.165) is 6.07 Å². The maximum atomic E-state index is 12.4. The van der Waals surface area contributed by atoms with Crippen LogP contribution in [0.1, 0.15) is 23.1 Å². The number of halogens is 5. The maximum absolute atomic E-state index is 12.4. The first-order chi connectivity index (χ1) is 11.3. The molecule has 0 aliphatic carbocycles. The summed E-state index contributed by atoms with van der Waals surface area (Å²) in [5, 5.41) is 3.52. The fourth-order valence-electron chi connectivity index (χ4n) is 1.73. The first kappa shape index (κ1) is 17.7. The van der Waals surface area contributed by atoms with Crippen LogP contribution in [-0.2, 0) is 11.4 Å². The lowest BCUT2D eigenvalue weighted by atomic mass is 10.1. The summed E-state index contributed by atoms with van der Waals surface area (Å²) >= 11 is 0. The van der Waals surface area contributed by atoms with E-state index in [1.807, 2.05) is 0 Å². The SMILES string of the molecule is FC(F)c1ccc(/[C]=N\OCc2cccc(OC(F)(F)F)c2)cc1. The highest BCUT2D eigenvalue weighted by molar-refractivity contribution is 5.79. The molecule has 3 nitrogen and oxygen atoms in total. The molecule has 24 heavy (non-hydrogen) atoms. The average molecular weight is 344 g/mol. The van der Waals surface area contributed by atoms with Crippen molar-refractivity contribution in [2.75, 3.05) is 0 Å². The molecule has 0 spiro atoms. The number of benzene rings is 2. The molecule has 0 aliphatic rings. The molecule has 1 radical (unpaired) electrons. The smallest absolute Gasteiger partial charge is 0.406 e. The van der Waals surface area contributed by atoms with E-state index >= 15 is 0 Å². The molecule has 8 heteroatoms. The van der Waals surface area contributed by atoms with Crippen molar-refractivity contribution >= 4 is 6.21 Å². The van der Waals surface area contributed by atoms with Crippen LogP contribution in [0.5, 0.6) is 5.75 Å². The predicted octanol–water partition coefficient (Wildman–Crippen LogP) is 4.95. The van der Waals surface area contributed by atoms with Gasteiger partial charge in [-0.25, -0.2) is 8.78 Å². The van der Waals surface area contributed by atoms with E-state index in [1.54, 1.807) is 0 Å². The minimum Gasteiger partial charge on any atom is -0.406 e. The van der Waals surface area contributed by atoms with Crippen molar-refractivity contribution in [1.82, 2.24) is 0 Å². The number of nitrogens with zero attached hydrogens (tertiary/aromatic N) is 1. The van der Waals surface area contributed by atoms with Crippen molar-refractivity contribution in [2.45, 2.75) is 19.4 Å². The predicted molar refractivity (Wildman–Crippen MR) is 75.9 cm³/mol. The molecule has 0 saturated heterocycles. The van der Waals surface area contributed by atoms with Crippen LogP contribution in [0.3, 0.4) is 0 Å². The van der Waals surface area contributed by atoms with Gasteiger partial charge in [0.05, 0.1) is 0 Å². The lowest BCUT2D eigenvalue weighted by Gasteiger charge is -2.09. The van der Waals surface area contributed by atoms with Gasteiger partial charge in [0.25, 0.3) is 6.43 Å². The molecule has 0 unspecified atom stereocenters. The van der Waals surface area contributed by atoms with Gasteiger partial charge in [-0.05, 0) is 17.7 Å². The van der Waals surface area contributed by atoms with E-state index in [0.29, 0.717) is 11.1 Å². The van der Waals surface area contributed by atoms with Gasteiger partial charge in [-0.3, -0.25) is 0 Å². The minimum absolute atomic E-state index is 0.100. The van der Waals surface area contributed by atoms with Gasteiger partial charge < -0.3 is 9.57 Å². The Morgan fingerprint density at radius 1 is 1.04 bits per heavy atom. The van der Waals surface area contributed by atoms with E-state index < -0.39 is 12.8 Å². The third-order valence-corrected chi connectivity index (χ3v) is 2.77. The molecule has 2 rings (SSSR count). The Morgan fingerprint density at radius 3 is 2.38 bits per heavy atom. The zero-order chi connectivity index (χ0) is 17.6. The summed E-state index contributed by atoms with van der Waals surface area (Å²) in [6, 6.07) is 10.5. The Bertz CT molecular complexity index is 684. The summed E-state index contributed by atoms with van der Waals surface area (Å²) < 4.78 is 64.9. The van der Waals surface area contributed by atoms with Crippen LogP contribution in [0.15, 0.2) is 53.7 Å². The molecular formula is C16H11F5NO2. The van der Waals surface area contributed by atoms with Crippen molar-refractivity contribution in [3.05, 3.63) is 65.2 Å². The van der Waals surface area contributed by atoms with Crippen molar-refractivity contribution in [3.63, 3.8) is 0 Å². The van der Waals surface area contributed by atoms with Gasteiger partial charge in [0.15, 0.2) is 0 Å². The number of rotatable bonds is 6. The first-order valence-electron chi connectivity index (χ1n) is 6.64. The van der Waals surface area contributed by atoms with Crippen LogP contribution in [0, 0.1) is 0 Å². The molecule has 0 aromatic heterocycles. The molecule has 0 fully saturated rings. The Balaban J connectivity index is 1.88. The summed E-state index contributed by atoms with van der Waals surface area (Å²) in [7, 11) is 0. The van der Waals surface area contributed by atoms with Gasteiger partial charge in [0.1, 0.15) is 18.6 Å². The fourth-order valence-corrected chi connectivity index (χ4v) is 1.73. The molecule has 0 heterocycles. The monoisotopic (exact) mass is 344 g/mol. The molecule has 0 amide bonds. The number of hydrogen-bond donors (Lipinski definition) is 0. The highest BCUT2D eigenvalue weighted by Gasteiger charge is 2.31. The molecule has 0 N–H and O–H groups in total. The highest BCUT2D eigenvalue weighted by Crippen LogP contribution is 2.23. The second-order valence-electron chi connectivity index (χ2n) is 4.59. The van der Waals surface area contributed by atoms with Gasteiger partial charge >= 0.3 is 6.36 Å². The summed E-state index contributed by atoms with van der Waals surface area (Å²) in [5.41, 5.74) is 0.715. The highest BCUT2D eigenvalue weighted by atomic mass is 19.4.